The summed E-state index contributed by atoms with van der Waals surface area (Å²) in [6.07, 6.45) is 0. The van der Waals surface area contributed by atoms with Crippen LogP contribution in [0, 0.1) is 0 Å². The molecule has 0 amide bonds. The summed E-state index contributed by atoms with van der Waals surface area (Å²) in [5, 5.41) is 6.08. The fourth-order valence-electron chi connectivity index (χ4n) is 1.13. The third-order valence-corrected chi connectivity index (χ3v) is 2.26. The molecule has 1 heterocycles. The zero-order chi connectivity index (χ0) is 10.1. The van der Waals surface area contributed by atoms with Gasteiger partial charge in [0.25, 0.3) is 0 Å². The van der Waals surface area contributed by atoms with E-state index in [2.05, 4.69) is 31.1 Å². The van der Waals surface area contributed by atoms with Gasteiger partial charge >= 0.3 is 5.69 Å². The van der Waals surface area contributed by atoms with Crippen LogP contribution in [0.4, 0.5) is 5.69 Å². The van der Waals surface area contributed by atoms with Crippen LogP contribution in [0.2, 0.25) is 0 Å². The zero-order valence-corrected chi connectivity index (χ0v) is 8.63. The molecule has 0 fully saturated rings. The number of nitrogen functional groups attached to an aromatic ring is 1. The Morgan fingerprint density at radius 2 is 2.21 bits per heavy atom. The summed E-state index contributed by atoms with van der Waals surface area (Å²) >= 11 is 3.31. The standard InChI is InChI=1S/C8H7BrN4O/c9-4-1-2-6(10)5(3-4)7-11-8(14)13-12-7/h1-3H,10H2,(H2,11,12,13,14). The Balaban J connectivity index is 2.61. The topological polar surface area (TPSA) is 87.6 Å². The first kappa shape index (κ1) is 9.01. The lowest BCUT2D eigenvalue weighted by molar-refractivity contribution is 1.05. The molecule has 0 atom stereocenters. The second-order valence-corrected chi connectivity index (χ2v) is 3.67. The molecule has 1 aromatic heterocycles. The maximum Gasteiger partial charge on any atom is 0.340 e. The Morgan fingerprint density at radius 3 is 2.86 bits per heavy atom. The van der Waals surface area contributed by atoms with Gasteiger partial charge in [-0.3, -0.25) is 4.98 Å². The summed E-state index contributed by atoms with van der Waals surface area (Å²) in [7, 11) is 0. The summed E-state index contributed by atoms with van der Waals surface area (Å²) in [6, 6.07) is 5.36. The fraction of sp³-hybridized carbons (Fsp3) is 0. The van der Waals surface area contributed by atoms with E-state index in [1.54, 1.807) is 12.1 Å². The average molecular weight is 255 g/mol. The number of halogens is 1. The minimum Gasteiger partial charge on any atom is -0.398 e. The number of nitrogens with one attached hydrogen (secondary N) is 2. The molecule has 2 aromatic rings. The van der Waals surface area contributed by atoms with Crippen molar-refractivity contribution in [2.24, 2.45) is 0 Å². The number of H-pyrrole nitrogens is 2. The molecule has 72 valence electrons. The molecular formula is C8H7BrN4O. The molecule has 6 heteroatoms. The van der Waals surface area contributed by atoms with E-state index in [1.165, 1.54) is 0 Å². The lowest BCUT2D eigenvalue weighted by atomic mass is 10.2. The van der Waals surface area contributed by atoms with Crippen LogP contribution in [-0.2, 0) is 0 Å². The van der Waals surface area contributed by atoms with E-state index in [0.717, 1.165) is 4.47 Å². The Hall–Kier alpha value is -1.56. The SMILES string of the molecule is Nc1ccc(Br)cc1-c1n[nH]c(=O)[nH]1. The van der Waals surface area contributed by atoms with Crippen molar-refractivity contribution in [2.75, 3.05) is 5.73 Å². The minimum atomic E-state index is -0.348. The van der Waals surface area contributed by atoms with Crippen LogP contribution in [0.5, 0.6) is 0 Å². The van der Waals surface area contributed by atoms with Gasteiger partial charge < -0.3 is 5.73 Å². The summed E-state index contributed by atoms with van der Waals surface area (Å²) in [5.74, 6) is 0.439. The van der Waals surface area contributed by atoms with E-state index in [9.17, 15) is 4.79 Å². The Bertz CT molecular complexity index is 516. The molecule has 0 aliphatic rings. The van der Waals surface area contributed by atoms with Gasteiger partial charge in [0, 0.05) is 15.7 Å². The summed E-state index contributed by atoms with van der Waals surface area (Å²) in [4.78, 5) is 13.4. The van der Waals surface area contributed by atoms with Crippen LogP contribution < -0.4 is 11.4 Å². The fourth-order valence-corrected chi connectivity index (χ4v) is 1.49. The first-order chi connectivity index (χ1) is 6.66. The van der Waals surface area contributed by atoms with Crippen molar-refractivity contribution in [1.29, 1.82) is 0 Å². The summed E-state index contributed by atoms with van der Waals surface area (Å²) in [6.45, 7) is 0. The Morgan fingerprint density at radius 1 is 1.43 bits per heavy atom. The number of hydrogen-bond donors (Lipinski definition) is 3. The van der Waals surface area contributed by atoms with Gasteiger partial charge in [-0.2, -0.15) is 5.10 Å². The molecule has 0 bridgehead atoms. The van der Waals surface area contributed by atoms with Gasteiger partial charge in [-0.1, -0.05) is 15.9 Å². The maximum absolute atomic E-state index is 10.8. The number of nitrogens with two attached hydrogens (primary N) is 1. The number of aromatic amines is 2. The highest BCUT2D eigenvalue weighted by Gasteiger charge is 2.06. The van der Waals surface area contributed by atoms with E-state index in [4.69, 9.17) is 5.73 Å². The average Bonchev–Trinajstić information content (AvgIpc) is 2.56. The predicted octanol–water partition coefficient (Wildman–Crippen LogP) is 1.11. The van der Waals surface area contributed by atoms with Crippen LogP contribution >= 0.6 is 15.9 Å². The van der Waals surface area contributed by atoms with E-state index >= 15 is 0 Å². The largest absolute Gasteiger partial charge is 0.398 e. The zero-order valence-electron chi connectivity index (χ0n) is 7.04. The Kier molecular flexibility index (Phi) is 2.12. The number of rotatable bonds is 1. The highest BCUT2D eigenvalue weighted by atomic mass is 79.9. The number of hydrogen-bond acceptors (Lipinski definition) is 3. The molecule has 0 aliphatic carbocycles. The van der Waals surface area contributed by atoms with Crippen molar-refractivity contribution in [1.82, 2.24) is 15.2 Å². The molecule has 0 radical (unpaired) electrons. The number of nitrogens with zero attached hydrogens (tertiary/aromatic N) is 1. The van der Waals surface area contributed by atoms with Gasteiger partial charge in [-0.05, 0) is 18.2 Å². The van der Waals surface area contributed by atoms with Gasteiger partial charge in [0.1, 0.15) is 0 Å². The molecular weight excluding hydrogens is 248 g/mol. The Labute approximate surface area is 87.5 Å². The normalized spacial score (nSPS) is 10.4. The van der Waals surface area contributed by atoms with Crippen molar-refractivity contribution in [2.45, 2.75) is 0 Å². The van der Waals surface area contributed by atoms with Crippen molar-refractivity contribution in [3.63, 3.8) is 0 Å². The summed E-state index contributed by atoms with van der Waals surface area (Å²) < 4.78 is 0.880. The van der Waals surface area contributed by atoms with E-state index in [0.29, 0.717) is 17.1 Å². The number of aromatic nitrogens is 3. The van der Waals surface area contributed by atoms with Crippen LogP contribution in [0.3, 0.4) is 0 Å². The number of anilines is 1. The number of benzene rings is 1. The second kappa shape index (κ2) is 3.30. The van der Waals surface area contributed by atoms with E-state index in [1.807, 2.05) is 6.07 Å². The van der Waals surface area contributed by atoms with Gasteiger partial charge in [0.15, 0.2) is 5.82 Å². The minimum absolute atomic E-state index is 0.348. The van der Waals surface area contributed by atoms with Crippen LogP contribution in [-0.4, -0.2) is 15.2 Å². The van der Waals surface area contributed by atoms with Crippen LogP contribution in [0.25, 0.3) is 11.4 Å². The lowest BCUT2D eigenvalue weighted by Crippen LogP contribution is -2.00. The van der Waals surface area contributed by atoms with E-state index < -0.39 is 0 Å². The first-order valence-corrected chi connectivity index (χ1v) is 4.66. The highest BCUT2D eigenvalue weighted by Crippen LogP contribution is 2.25. The van der Waals surface area contributed by atoms with Gasteiger partial charge in [0.2, 0.25) is 0 Å². The third-order valence-electron chi connectivity index (χ3n) is 1.77. The monoisotopic (exact) mass is 254 g/mol. The van der Waals surface area contributed by atoms with Crippen molar-refractivity contribution < 1.29 is 0 Å². The van der Waals surface area contributed by atoms with Crippen LogP contribution in [0.1, 0.15) is 0 Å². The molecule has 0 saturated carbocycles. The molecule has 2 rings (SSSR count). The molecule has 4 N–H and O–H groups in total. The third kappa shape index (κ3) is 1.56. The van der Waals surface area contributed by atoms with Gasteiger partial charge in [-0.25, -0.2) is 9.89 Å². The molecule has 0 saturated heterocycles. The van der Waals surface area contributed by atoms with Gasteiger partial charge in [0.05, 0.1) is 0 Å². The molecule has 0 spiro atoms. The molecule has 0 aliphatic heterocycles. The van der Waals surface area contributed by atoms with E-state index in [-0.39, 0.29) is 5.69 Å². The second-order valence-electron chi connectivity index (χ2n) is 2.76. The quantitative estimate of drug-likeness (QED) is 0.667. The van der Waals surface area contributed by atoms with Crippen molar-refractivity contribution >= 4 is 21.6 Å². The smallest absolute Gasteiger partial charge is 0.340 e. The summed E-state index contributed by atoms with van der Waals surface area (Å²) in [5.41, 5.74) is 6.64. The molecule has 5 nitrogen and oxygen atoms in total. The lowest BCUT2D eigenvalue weighted by Gasteiger charge is -2.01. The van der Waals surface area contributed by atoms with Crippen molar-refractivity contribution in [3.05, 3.63) is 33.2 Å². The maximum atomic E-state index is 10.8. The first-order valence-electron chi connectivity index (χ1n) is 3.87. The molecule has 1 aromatic carbocycles. The predicted molar refractivity (Wildman–Crippen MR) is 56.8 cm³/mol. The molecule has 0 unspecified atom stereocenters. The van der Waals surface area contributed by atoms with Gasteiger partial charge in [-0.15, -0.1) is 0 Å². The highest BCUT2D eigenvalue weighted by molar-refractivity contribution is 9.10. The molecule has 14 heavy (non-hydrogen) atoms. The van der Waals surface area contributed by atoms with Crippen LogP contribution in [0.15, 0.2) is 27.5 Å². The van der Waals surface area contributed by atoms with Crippen molar-refractivity contribution in [3.8, 4) is 11.4 Å².